The molecular weight excluding hydrogens is 314 g/mol. The van der Waals surface area contributed by atoms with Gasteiger partial charge in [-0.2, -0.15) is 0 Å². The van der Waals surface area contributed by atoms with E-state index in [-0.39, 0.29) is 17.1 Å². The molecule has 0 bridgehead atoms. The summed E-state index contributed by atoms with van der Waals surface area (Å²) in [5.41, 5.74) is 0.932. The third-order valence-corrected chi connectivity index (χ3v) is 4.11. The number of rotatable bonds is 3. The predicted molar refractivity (Wildman–Crippen MR) is 81.9 cm³/mol. The van der Waals surface area contributed by atoms with Crippen LogP contribution in [0, 0.1) is 10.1 Å². The molecule has 0 atom stereocenters. The fraction of sp³-hybridized carbons (Fsp3) is 0.0769. The number of aromatic amines is 1. The van der Waals surface area contributed by atoms with E-state index in [1.807, 2.05) is 0 Å². The average Bonchev–Trinajstić information content (AvgIpc) is 2.91. The number of aromatic nitrogens is 2. The van der Waals surface area contributed by atoms with Gasteiger partial charge in [0.2, 0.25) is 0 Å². The van der Waals surface area contributed by atoms with Gasteiger partial charge in [-0.3, -0.25) is 14.9 Å². The highest BCUT2D eigenvalue weighted by atomic mass is 35.5. The number of halogens is 1. The second-order valence-electron chi connectivity index (χ2n) is 4.28. The number of alkyl halides is 1. The zero-order chi connectivity index (χ0) is 15.0. The zero-order valence-electron chi connectivity index (χ0n) is 10.5. The van der Waals surface area contributed by atoms with Crippen LogP contribution < -0.4 is 5.56 Å². The highest BCUT2D eigenvalue weighted by Gasteiger charge is 2.14. The van der Waals surface area contributed by atoms with Crippen molar-refractivity contribution >= 4 is 38.8 Å². The summed E-state index contributed by atoms with van der Waals surface area (Å²) in [7, 11) is 0. The van der Waals surface area contributed by atoms with Crippen LogP contribution >= 0.6 is 22.9 Å². The molecule has 0 saturated heterocycles. The van der Waals surface area contributed by atoms with E-state index < -0.39 is 4.92 Å². The van der Waals surface area contributed by atoms with Gasteiger partial charge in [0, 0.05) is 23.1 Å². The van der Waals surface area contributed by atoms with Gasteiger partial charge in [0.05, 0.1) is 16.2 Å². The lowest BCUT2D eigenvalue weighted by molar-refractivity contribution is -0.384. The van der Waals surface area contributed by atoms with Crippen molar-refractivity contribution in [1.82, 2.24) is 9.97 Å². The third-order valence-electron chi connectivity index (χ3n) is 2.99. The first-order valence-corrected chi connectivity index (χ1v) is 7.32. The summed E-state index contributed by atoms with van der Waals surface area (Å²) in [6.07, 6.45) is 0. The van der Waals surface area contributed by atoms with Crippen LogP contribution in [-0.4, -0.2) is 14.9 Å². The number of non-ortho nitro benzene ring substituents is 1. The Kier molecular flexibility index (Phi) is 3.44. The second-order valence-corrected chi connectivity index (χ2v) is 5.41. The minimum atomic E-state index is -0.466. The van der Waals surface area contributed by atoms with Gasteiger partial charge >= 0.3 is 0 Å². The van der Waals surface area contributed by atoms with Crippen LogP contribution in [0.4, 0.5) is 5.69 Å². The van der Waals surface area contributed by atoms with Crippen LogP contribution in [-0.2, 0) is 5.88 Å². The van der Waals surface area contributed by atoms with Crippen molar-refractivity contribution in [3.63, 3.8) is 0 Å². The van der Waals surface area contributed by atoms with E-state index in [0.717, 1.165) is 0 Å². The number of benzene rings is 1. The minimum Gasteiger partial charge on any atom is -0.309 e. The standard InChI is InChI=1S/C13H8ClN3O3S/c14-5-10-15-12(18)11-9(6-21-13(11)16-10)7-2-1-3-8(4-7)17(19)20/h1-4,6H,5H2,(H,15,16,18). The molecule has 0 aliphatic rings. The molecule has 21 heavy (non-hydrogen) atoms. The van der Waals surface area contributed by atoms with Crippen molar-refractivity contribution in [1.29, 1.82) is 0 Å². The van der Waals surface area contributed by atoms with Crippen LogP contribution in [0.5, 0.6) is 0 Å². The Labute approximate surface area is 127 Å². The molecule has 0 aliphatic heterocycles. The molecule has 0 radical (unpaired) electrons. The molecule has 8 heteroatoms. The molecule has 2 heterocycles. The van der Waals surface area contributed by atoms with Crippen LogP contribution in [0.25, 0.3) is 21.3 Å². The van der Waals surface area contributed by atoms with E-state index in [4.69, 9.17) is 11.6 Å². The topological polar surface area (TPSA) is 88.9 Å². The second kappa shape index (κ2) is 5.27. The molecule has 6 nitrogen and oxygen atoms in total. The maximum absolute atomic E-state index is 12.2. The summed E-state index contributed by atoms with van der Waals surface area (Å²) in [6.45, 7) is 0. The van der Waals surface area contributed by atoms with E-state index >= 15 is 0 Å². The molecule has 0 spiro atoms. The molecule has 3 rings (SSSR count). The maximum Gasteiger partial charge on any atom is 0.270 e. The van der Waals surface area contributed by atoms with Crippen LogP contribution in [0.1, 0.15) is 5.82 Å². The molecule has 106 valence electrons. The fourth-order valence-corrected chi connectivity index (χ4v) is 3.15. The number of fused-ring (bicyclic) bond motifs is 1. The Hall–Kier alpha value is -2.25. The molecule has 0 saturated carbocycles. The summed E-state index contributed by atoms with van der Waals surface area (Å²) in [5.74, 6) is 0.525. The third kappa shape index (κ3) is 2.41. The van der Waals surface area contributed by atoms with Gasteiger partial charge in [-0.15, -0.1) is 22.9 Å². The monoisotopic (exact) mass is 321 g/mol. The van der Waals surface area contributed by atoms with Gasteiger partial charge < -0.3 is 4.98 Å². The molecule has 0 aliphatic carbocycles. The molecule has 0 unspecified atom stereocenters. The number of hydrogen-bond donors (Lipinski definition) is 1. The van der Waals surface area contributed by atoms with E-state index in [1.54, 1.807) is 17.5 Å². The van der Waals surface area contributed by atoms with Gasteiger partial charge in [-0.25, -0.2) is 4.98 Å². The molecule has 1 aromatic carbocycles. The average molecular weight is 322 g/mol. The number of nitro benzene ring substituents is 1. The van der Waals surface area contributed by atoms with Gasteiger partial charge in [0.25, 0.3) is 11.2 Å². The molecule has 0 amide bonds. The van der Waals surface area contributed by atoms with Crippen molar-refractivity contribution in [2.75, 3.05) is 0 Å². The number of hydrogen-bond acceptors (Lipinski definition) is 5. The van der Waals surface area contributed by atoms with E-state index in [0.29, 0.717) is 27.2 Å². The van der Waals surface area contributed by atoms with Crippen LogP contribution in [0.2, 0.25) is 0 Å². The first-order valence-electron chi connectivity index (χ1n) is 5.91. The molecule has 2 aromatic heterocycles. The van der Waals surface area contributed by atoms with Gasteiger partial charge in [0.1, 0.15) is 10.7 Å². The molecular formula is C13H8ClN3O3S. The van der Waals surface area contributed by atoms with Crippen molar-refractivity contribution in [3.8, 4) is 11.1 Å². The summed E-state index contributed by atoms with van der Waals surface area (Å²) >= 11 is 6.98. The lowest BCUT2D eigenvalue weighted by Crippen LogP contribution is -2.10. The summed E-state index contributed by atoms with van der Waals surface area (Å²) in [4.78, 5) is 30.0. The first-order chi connectivity index (χ1) is 10.1. The highest BCUT2D eigenvalue weighted by molar-refractivity contribution is 7.17. The largest absolute Gasteiger partial charge is 0.309 e. The summed E-state index contributed by atoms with van der Waals surface area (Å²) in [6, 6.07) is 6.16. The lowest BCUT2D eigenvalue weighted by atomic mass is 10.1. The summed E-state index contributed by atoms with van der Waals surface area (Å²) in [5, 5.41) is 13.0. The van der Waals surface area contributed by atoms with E-state index in [9.17, 15) is 14.9 Å². The fourth-order valence-electron chi connectivity index (χ4n) is 2.06. The quantitative estimate of drug-likeness (QED) is 0.455. The molecule has 3 aromatic rings. The minimum absolute atomic E-state index is 0.0198. The van der Waals surface area contributed by atoms with Gasteiger partial charge in [0.15, 0.2) is 0 Å². The number of nitrogens with zero attached hydrogens (tertiary/aromatic N) is 2. The normalized spacial score (nSPS) is 10.9. The number of thiophene rings is 1. The van der Waals surface area contributed by atoms with Crippen molar-refractivity contribution in [3.05, 3.63) is 55.9 Å². The van der Waals surface area contributed by atoms with Crippen molar-refractivity contribution in [2.24, 2.45) is 0 Å². The van der Waals surface area contributed by atoms with Gasteiger partial charge in [-0.05, 0) is 5.56 Å². The maximum atomic E-state index is 12.2. The Balaban J connectivity index is 2.24. The predicted octanol–water partition coefficient (Wildman–Crippen LogP) is 3.30. The van der Waals surface area contributed by atoms with Crippen LogP contribution in [0.15, 0.2) is 34.4 Å². The van der Waals surface area contributed by atoms with E-state index in [1.165, 1.54) is 23.5 Å². The number of H-pyrrole nitrogens is 1. The Bertz CT molecular complexity index is 903. The Morgan fingerprint density at radius 2 is 2.24 bits per heavy atom. The first kappa shape index (κ1) is 13.7. The SMILES string of the molecule is O=c1[nH]c(CCl)nc2scc(-c3cccc([N+](=O)[O-])c3)c12. The summed E-state index contributed by atoms with van der Waals surface area (Å²) < 4.78 is 0. The Morgan fingerprint density at radius 3 is 2.95 bits per heavy atom. The Morgan fingerprint density at radius 1 is 1.43 bits per heavy atom. The zero-order valence-corrected chi connectivity index (χ0v) is 12.1. The number of nitro groups is 1. The van der Waals surface area contributed by atoms with E-state index in [2.05, 4.69) is 9.97 Å². The molecule has 1 N–H and O–H groups in total. The van der Waals surface area contributed by atoms with Crippen molar-refractivity contribution in [2.45, 2.75) is 5.88 Å². The highest BCUT2D eigenvalue weighted by Crippen LogP contribution is 2.32. The smallest absolute Gasteiger partial charge is 0.270 e. The van der Waals surface area contributed by atoms with Crippen molar-refractivity contribution < 1.29 is 4.92 Å². The number of nitrogens with one attached hydrogen (secondary N) is 1. The van der Waals surface area contributed by atoms with Gasteiger partial charge in [-0.1, -0.05) is 12.1 Å². The van der Waals surface area contributed by atoms with Crippen LogP contribution in [0.3, 0.4) is 0 Å². The molecule has 0 fully saturated rings. The lowest BCUT2D eigenvalue weighted by Gasteiger charge is -2.00.